The molecule has 0 fully saturated rings. The van der Waals surface area contributed by atoms with Crippen LogP contribution in [-0.4, -0.2) is 41.0 Å². The number of nitrogens with zero attached hydrogens (tertiary/aromatic N) is 2. The van der Waals surface area contributed by atoms with Gasteiger partial charge in [-0.15, -0.1) is 0 Å². The van der Waals surface area contributed by atoms with Gasteiger partial charge in [-0.2, -0.15) is 5.10 Å². The van der Waals surface area contributed by atoms with E-state index in [1.54, 1.807) is 46.9 Å². The average molecular weight is 349 g/mol. The first-order chi connectivity index (χ1) is 11.7. The van der Waals surface area contributed by atoms with Crippen LogP contribution in [0.5, 0.6) is 5.75 Å². The SMILES string of the molecule is CCOC(=O)c1c(C)nn2ccc(NC(=O)OC(C)(C)C)c(OC)c12. The Balaban J connectivity index is 2.51. The van der Waals surface area contributed by atoms with Crippen molar-refractivity contribution in [2.75, 3.05) is 19.0 Å². The number of carbonyl (C=O) groups is 2. The van der Waals surface area contributed by atoms with E-state index >= 15 is 0 Å². The topological polar surface area (TPSA) is 91.2 Å². The molecule has 2 aromatic heterocycles. The molecule has 136 valence electrons. The Bertz CT molecular complexity index is 805. The van der Waals surface area contributed by atoms with E-state index in [4.69, 9.17) is 14.2 Å². The number of hydrogen-bond donors (Lipinski definition) is 1. The lowest BCUT2D eigenvalue weighted by Gasteiger charge is -2.20. The summed E-state index contributed by atoms with van der Waals surface area (Å²) in [4.78, 5) is 24.3. The fraction of sp³-hybridized carbons (Fsp3) is 0.471. The molecule has 0 aliphatic heterocycles. The Morgan fingerprint density at radius 3 is 2.56 bits per heavy atom. The summed E-state index contributed by atoms with van der Waals surface area (Å²) in [7, 11) is 1.45. The number of hydrogen-bond acceptors (Lipinski definition) is 6. The maximum Gasteiger partial charge on any atom is 0.412 e. The van der Waals surface area contributed by atoms with Gasteiger partial charge in [0.1, 0.15) is 16.7 Å². The van der Waals surface area contributed by atoms with Gasteiger partial charge in [0.15, 0.2) is 5.75 Å². The van der Waals surface area contributed by atoms with Crippen molar-refractivity contribution in [2.24, 2.45) is 0 Å². The third-order valence-electron chi connectivity index (χ3n) is 3.25. The van der Waals surface area contributed by atoms with Crippen LogP contribution < -0.4 is 10.1 Å². The zero-order valence-electron chi connectivity index (χ0n) is 15.3. The summed E-state index contributed by atoms with van der Waals surface area (Å²) in [6.07, 6.45) is 1.00. The van der Waals surface area contributed by atoms with Crippen molar-refractivity contribution in [1.29, 1.82) is 0 Å². The number of rotatable bonds is 4. The molecule has 0 bridgehead atoms. The summed E-state index contributed by atoms with van der Waals surface area (Å²) in [5.74, 6) is -0.195. The molecule has 1 N–H and O–H groups in total. The van der Waals surface area contributed by atoms with Crippen LogP contribution in [0.2, 0.25) is 0 Å². The zero-order chi connectivity index (χ0) is 18.8. The van der Waals surface area contributed by atoms with E-state index in [1.165, 1.54) is 11.6 Å². The van der Waals surface area contributed by atoms with E-state index < -0.39 is 17.7 Å². The lowest BCUT2D eigenvalue weighted by atomic mass is 10.2. The number of esters is 1. The second-order valence-electron chi connectivity index (χ2n) is 6.36. The van der Waals surface area contributed by atoms with Gasteiger partial charge in [0.2, 0.25) is 0 Å². The number of nitrogens with one attached hydrogen (secondary N) is 1. The summed E-state index contributed by atoms with van der Waals surface area (Å²) in [5.41, 5.74) is 0.962. The molecule has 0 aliphatic carbocycles. The predicted octanol–water partition coefficient (Wildman–Crippen LogP) is 3.18. The number of amides is 1. The molecule has 1 amide bonds. The quantitative estimate of drug-likeness (QED) is 0.853. The first-order valence-corrected chi connectivity index (χ1v) is 7.91. The Hall–Kier alpha value is -2.77. The highest BCUT2D eigenvalue weighted by Crippen LogP contribution is 2.33. The summed E-state index contributed by atoms with van der Waals surface area (Å²) >= 11 is 0. The number of ether oxygens (including phenoxy) is 3. The highest BCUT2D eigenvalue weighted by Gasteiger charge is 2.25. The molecule has 2 rings (SSSR count). The third-order valence-corrected chi connectivity index (χ3v) is 3.25. The standard InChI is InChI=1S/C17H23N3O5/c1-7-24-15(21)12-10(2)19-20-9-8-11(14(23-6)13(12)20)18-16(22)25-17(3,4)5/h8-9H,7H2,1-6H3,(H,18,22). The number of pyridine rings is 1. The van der Waals surface area contributed by atoms with Crippen LogP contribution in [0.25, 0.3) is 5.52 Å². The zero-order valence-corrected chi connectivity index (χ0v) is 15.3. The molecule has 0 saturated carbocycles. The van der Waals surface area contributed by atoms with Gasteiger partial charge in [0.05, 0.1) is 25.1 Å². The molecular weight excluding hydrogens is 326 g/mol. The van der Waals surface area contributed by atoms with E-state index in [1.807, 2.05) is 0 Å². The van der Waals surface area contributed by atoms with Crippen molar-refractivity contribution < 1.29 is 23.8 Å². The first-order valence-electron chi connectivity index (χ1n) is 7.91. The van der Waals surface area contributed by atoms with Gasteiger partial charge in [-0.1, -0.05) is 0 Å². The third kappa shape index (κ3) is 4.01. The van der Waals surface area contributed by atoms with Crippen molar-refractivity contribution >= 4 is 23.3 Å². The molecule has 25 heavy (non-hydrogen) atoms. The fourth-order valence-electron chi connectivity index (χ4n) is 2.39. The van der Waals surface area contributed by atoms with Gasteiger partial charge in [-0.25, -0.2) is 14.1 Å². The molecule has 0 aliphatic rings. The Morgan fingerprint density at radius 2 is 2.00 bits per heavy atom. The van der Waals surface area contributed by atoms with Crippen molar-refractivity contribution in [3.05, 3.63) is 23.5 Å². The number of methoxy groups -OCH3 is 1. The lowest BCUT2D eigenvalue weighted by Crippen LogP contribution is -2.27. The van der Waals surface area contributed by atoms with E-state index in [0.717, 1.165) is 0 Å². The van der Waals surface area contributed by atoms with Crippen molar-refractivity contribution in [1.82, 2.24) is 9.61 Å². The van der Waals surface area contributed by atoms with Gasteiger partial charge >= 0.3 is 12.1 Å². The second-order valence-corrected chi connectivity index (χ2v) is 6.36. The lowest BCUT2D eigenvalue weighted by molar-refractivity contribution is 0.0526. The molecule has 0 aromatic carbocycles. The number of aromatic nitrogens is 2. The molecule has 0 saturated heterocycles. The van der Waals surface area contributed by atoms with E-state index in [-0.39, 0.29) is 6.61 Å². The smallest absolute Gasteiger partial charge is 0.412 e. The molecule has 2 aromatic rings. The molecule has 0 radical (unpaired) electrons. The van der Waals surface area contributed by atoms with Gasteiger partial charge in [0, 0.05) is 6.20 Å². The van der Waals surface area contributed by atoms with Gasteiger partial charge in [0.25, 0.3) is 0 Å². The molecule has 8 heteroatoms. The van der Waals surface area contributed by atoms with Crippen LogP contribution in [0, 0.1) is 6.92 Å². The van der Waals surface area contributed by atoms with Crippen LogP contribution in [0.3, 0.4) is 0 Å². The maximum atomic E-state index is 12.3. The highest BCUT2D eigenvalue weighted by molar-refractivity contribution is 6.02. The van der Waals surface area contributed by atoms with Gasteiger partial charge in [-0.3, -0.25) is 5.32 Å². The second kappa shape index (κ2) is 7.00. The number of aryl methyl sites for hydroxylation is 1. The van der Waals surface area contributed by atoms with Crippen LogP contribution in [0.1, 0.15) is 43.7 Å². The van der Waals surface area contributed by atoms with E-state index in [9.17, 15) is 9.59 Å². The minimum atomic E-state index is -0.634. The van der Waals surface area contributed by atoms with E-state index in [2.05, 4.69) is 10.4 Å². The Morgan fingerprint density at radius 1 is 1.32 bits per heavy atom. The van der Waals surface area contributed by atoms with Crippen molar-refractivity contribution in [2.45, 2.75) is 40.2 Å². The maximum absolute atomic E-state index is 12.3. The summed E-state index contributed by atoms with van der Waals surface area (Å²) in [6, 6.07) is 1.62. The fourth-order valence-corrected chi connectivity index (χ4v) is 2.39. The first kappa shape index (κ1) is 18.6. The molecule has 0 spiro atoms. The van der Waals surface area contributed by atoms with Crippen LogP contribution in [0.4, 0.5) is 10.5 Å². The number of carbonyl (C=O) groups excluding carboxylic acids is 2. The van der Waals surface area contributed by atoms with E-state index in [0.29, 0.717) is 28.2 Å². The summed E-state index contributed by atoms with van der Waals surface area (Å²) in [6.45, 7) is 8.99. The number of anilines is 1. The average Bonchev–Trinajstić information content (AvgIpc) is 2.81. The molecular formula is C17H23N3O5. The van der Waals surface area contributed by atoms with Crippen LogP contribution >= 0.6 is 0 Å². The Kier molecular flexibility index (Phi) is 5.20. The summed E-state index contributed by atoms with van der Waals surface area (Å²) in [5, 5.41) is 6.93. The largest absolute Gasteiger partial charge is 0.492 e. The minimum Gasteiger partial charge on any atom is -0.492 e. The molecule has 0 unspecified atom stereocenters. The monoisotopic (exact) mass is 349 g/mol. The predicted molar refractivity (Wildman–Crippen MR) is 92.3 cm³/mol. The minimum absolute atomic E-state index is 0.244. The molecule has 2 heterocycles. The van der Waals surface area contributed by atoms with Crippen molar-refractivity contribution in [3.63, 3.8) is 0 Å². The molecule has 0 atom stereocenters. The van der Waals surface area contributed by atoms with Crippen LogP contribution in [0.15, 0.2) is 12.3 Å². The highest BCUT2D eigenvalue weighted by atomic mass is 16.6. The Labute approximate surface area is 146 Å². The summed E-state index contributed by atoms with van der Waals surface area (Å²) < 4.78 is 17.3. The number of fused-ring (bicyclic) bond motifs is 1. The normalized spacial score (nSPS) is 11.3. The molecule has 8 nitrogen and oxygen atoms in total. The van der Waals surface area contributed by atoms with Crippen molar-refractivity contribution in [3.8, 4) is 5.75 Å². The van der Waals surface area contributed by atoms with Gasteiger partial charge < -0.3 is 14.2 Å². The van der Waals surface area contributed by atoms with Gasteiger partial charge in [-0.05, 0) is 40.7 Å². The van der Waals surface area contributed by atoms with Crippen LogP contribution in [-0.2, 0) is 9.47 Å².